The maximum atomic E-state index is 13.2. The van der Waals surface area contributed by atoms with E-state index >= 15 is 0 Å². The minimum Gasteiger partial charge on any atom is -0.387 e. The number of aromatic nitrogens is 6. The highest BCUT2D eigenvalue weighted by molar-refractivity contribution is 7.92. The summed E-state index contributed by atoms with van der Waals surface area (Å²) in [6.07, 6.45) is 1.60. The van der Waals surface area contributed by atoms with Crippen molar-refractivity contribution in [2.45, 2.75) is 44.8 Å². The summed E-state index contributed by atoms with van der Waals surface area (Å²) in [4.78, 5) is 20.0. The summed E-state index contributed by atoms with van der Waals surface area (Å²) >= 11 is 0. The van der Waals surface area contributed by atoms with E-state index in [1.165, 1.54) is 37.8 Å². The number of hydrogen-bond donors (Lipinski definition) is 2. The monoisotopic (exact) mass is 844 g/mol. The third-order valence-electron chi connectivity index (χ3n) is 8.71. The highest BCUT2D eigenvalue weighted by atomic mass is 32.2. The zero-order valence-corrected chi connectivity index (χ0v) is 34.3. The van der Waals surface area contributed by atoms with Gasteiger partial charge in [0.25, 0.3) is 0 Å². The molecule has 6 aromatic rings. The van der Waals surface area contributed by atoms with Gasteiger partial charge in [-0.2, -0.15) is 26.3 Å². The van der Waals surface area contributed by atoms with Crippen LogP contribution in [0.4, 0.5) is 37.7 Å². The Kier molecular flexibility index (Phi) is 13.2. The number of nitrogens with zero attached hydrogens (tertiary/aromatic N) is 6. The number of anilines is 2. The van der Waals surface area contributed by atoms with Gasteiger partial charge in [-0.3, -0.25) is 14.3 Å². The fraction of sp³-hybridized carbons (Fsp3) is 0.282. The highest BCUT2D eigenvalue weighted by Crippen LogP contribution is 2.34. The second kappa shape index (κ2) is 17.5. The number of sulfonamides is 1. The minimum absolute atomic E-state index is 0.259. The van der Waals surface area contributed by atoms with Crippen LogP contribution in [0.2, 0.25) is 25.7 Å². The Labute approximate surface area is 333 Å². The van der Waals surface area contributed by atoms with E-state index < -0.39 is 41.6 Å². The molecule has 0 amide bonds. The zero-order chi connectivity index (χ0) is 42.5. The number of nitrogens with one attached hydrogen (secondary N) is 2. The number of alkyl halides is 6. The minimum atomic E-state index is -4.44. The van der Waals surface area contributed by atoms with Crippen LogP contribution in [-0.4, -0.2) is 72.9 Å². The van der Waals surface area contributed by atoms with E-state index in [2.05, 4.69) is 49.9 Å². The van der Waals surface area contributed by atoms with Gasteiger partial charge in [-0.1, -0.05) is 43.9 Å². The van der Waals surface area contributed by atoms with Gasteiger partial charge in [-0.15, -0.1) is 0 Å². The van der Waals surface area contributed by atoms with Crippen molar-refractivity contribution >= 4 is 29.5 Å². The highest BCUT2D eigenvalue weighted by Gasteiger charge is 2.31. The summed E-state index contributed by atoms with van der Waals surface area (Å²) in [5, 5.41) is 3.04. The molecule has 0 aliphatic rings. The van der Waals surface area contributed by atoms with Crippen molar-refractivity contribution in [2.75, 3.05) is 36.6 Å². The fourth-order valence-corrected chi connectivity index (χ4v) is 6.62. The molecule has 0 spiro atoms. The standard InChI is InChI=1S/C22H27F3N4OSi.C17H15F3N4O2S/c1-26-19-11-17(12-27-13-19)21-28-20(14-29(21)15-30-8-9-31(2,3)4)16-6-5-7-18(10-16)22(23,24)25;1-24(27(2,25)26)14-7-12(8-21-9-14)16-22-10-15(23-16)11-4-3-5-13(6-11)17(18,19)20/h5-7,10-14,26H,8-9,15H2,1-4H3;3-10H,1-2H3,(H,22,23). The summed E-state index contributed by atoms with van der Waals surface area (Å²) < 4.78 is 110. The number of benzene rings is 2. The smallest absolute Gasteiger partial charge is 0.387 e. The topological polar surface area (TPSA) is 131 Å². The second-order valence-electron chi connectivity index (χ2n) is 14.4. The second-order valence-corrected chi connectivity index (χ2v) is 22.1. The Bertz CT molecular complexity index is 2450. The number of H-pyrrole nitrogens is 1. The molecule has 58 heavy (non-hydrogen) atoms. The van der Waals surface area contributed by atoms with Gasteiger partial charge in [0.2, 0.25) is 10.0 Å². The lowest BCUT2D eigenvalue weighted by atomic mass is 10.1. The van der Waals surface area contributed by atoms with Crippen LogP contribution in [0.3, 0.4) is 0 Å². The summed E-state index contributed by atoms with van der Waals surface area (Å²) in [5.74, 6) is 0.948. The van der Waals surface area contributed by atoms with Crippen LogP contribution in [0.5, 0.6) is 0 Å². The first kappa shape index (κ1) is 43.6. The van der Waals surface area contributed by atoms with E-state index in [-0.39, 0.29) is 6.73 Å². The maximum absolute atomic E-state index is 13.2. The SMILES string of the molecule is CN(c1cncc(-c2ncc(-c3cccc(C(F)(F)F)c3)[nH]2)c1)S(C)(=O)=O.CNc1cncc(-c2nc(-c3cccc(C(F)(F)F)c3)cn2COCC[Si](C)(C)C)c1. The largest absolute Gasteiger partial charge is 0.416 e. The molecule has 6 rings (SSSR count). The molecule has 0 bridgehead atoms. The summed E-state index contributed by atoms with van der Waals surface area (Å²) in [6.45, 7) is 7.72. The first-order valence-electron chi connectivity index (χ1n) is 17.7. The number of aromatic amines is 1. The summed E-state index contributed by atoms with van der Waals surface area (Å²) in [7, 11) is -1.50. The number of imidazole rings is 2. The van der Waals surface area contributed by atoms with Crippen molar-refractivity contribution < 1.29 is 39.5 Å². The Morgan fingerprint density at radius 2 is 1.45 bits per heavy atom. The molecule has 4 heterocycles. The van der Waals surface area contributed by atoms with E-state index in [4.69, 9.17) is 4.74 Å². The molecule has 0 aliphatic heterocycles. The molecule has 19 heteroatoms. The van der Waals surface area contributed by atoms with Gasteiger partial charge in [0.15, 0.2) is 0 Å². The first-order chi connectivity index (χ1) is 27.1. The van der Waals surface area contributed by atoms with Gasteiger partial charge in [-0.05, 0) is 42.4 Å². The van der Waals surface area contributed by atoms with Crippen molar-refractivity contribution in [1.82, 2.24) is 29.5 Å². The lowest BCUT2D eigenvalue weighted by Gasteiger charge is -2.16. The molecule has 0 radical (unpaired) electrons. The number of ether oxygens (including phenoxy) is 1. The lowest BCUT2D eigenvalue weighted by Crippen LogP contribution is -2.24. The van der Waals surface area contributed by atoms with Gasteiger partial charge in [0.1, 0.15) is 18.4 Å². The predicted octanol–water partition coefficient (Wildman–Crippen LogP) is 9.54. The summed E-state index contributed by atoms with van der Waals surface area (Å²) in [6, 6.07) is 14.6. The van der Waals surface area contributed by atoms with Crippen molar-refractivity contribution in [3.8, 4) is 45.3 Å². The zero-order valence-electron chi connectivity index (χ0n) is 32.4. The molecule has 0 saturated heterocycles. The lowest BCUT2D eigenvalue weighted by molar-refractivity contribution is -0.138. The quantitative estimate of drug-likeness (QED) is 0.0708. The van der Waals surface area contributed by atoms with E-state index in [1.54, 1.807) is 43.8 Å². The Morgan fingerprint density at radius 3 is 2.07 bits per heavy atom. The van der Waals surface area contributed by atoms with Crippen LogP contribution in [-0.2, 0) is 33.8 Å². The molecule has 11 nitrogen and oxygen atoms in total. The predicted molar refractivity (Wildman–Crippen MR) is 215 cm³/mol. The van der Waals surface area contributed by atoms with Gasteiger partial charge >= 0.3 is 12.4 Å². The molecule has 4 aromatic heterocycles. The average molecular weight is 845 g/mol. The molecular weight excluding hydrogens is 803 g/mol. The Morgan fingerprint density at radius 1 is 0.828 bits per heavy atom. The molecule has 0 unspecified atom stereocenters. The maximum Gasteiger partial charge on any atom is 0.416 e. The van der Waals surface area contributed by atoms with Crippen LogP contribution < -0.4 is 9.62 Å². The van der Waals surface area contributed by atoms with Crippen molar-refractivity contribution in [1.29, 1.82) is 0 Å². The molecular formula is C39H42F6N8O3SSi. The van der Waals surface area contributed by atoms with Crippen molar-refractivity contribution in [3.05, 3.63) is 109 Å². The number of rotatable bonds is 12. The summed E-state index contributed by atoms with van der Waals surface area (Å²) in [5.41, 5.74) is 2.53. The van der Waals surface area contributed by atoms with Gasteiger partial charge < -0.3 is 19.6 Å². The van der Waals surface area contributed by atoms with Crippen LogP contribution in [0.1, 0.15) is 11.1 Å². The number of pyridine rings is 2. The van der Waals surface area contributed by atoms with Gasteiger partial charge in [-0.25, -0.2) is 18.4 Å². The third kappa shape index (κ3) is 11.5. The molecule has 0 saturated carbocycles. The molecule has 0 aliphatic carbocycles. The number of hydrogen-bond acceptors (Lipinski definition) is 8. The third-order valence-corrected chi connectivity index (χ3v) is 11.6. The van der Waals surface area contributed by atoms with Crippen LogP contribution >= 0.6 is 0 Å². The van der Waals surface area contributed by atoms with E-state index in [0.717, 1.165) is 52.1 Å². The van der Waals surface area contributed by atoms with Crippen LogP contribution in [0.25, 0.3) is 45.3 Å². The van der Waals surface area contributed by atoms with E-state index in [1.807, 2.05) is 10.6 Å². The average Bonchev–Trinajstić information content (AvgIpc) is 3.84. The molecule has 0 fully saturated rings. The van der Waals surface area contributed by atoms with Crippen LogP contribution in [0.15, 0.2) is 97.8 Å². The van der Waals surface area contributed by atoms with Crippen molar-refractivity contribution in [3.63, 3.8) is 0 Å². The molecule has 2 aromatic carbocycles. The fourth-order valence-electron chi connectivity index (χ4n) is 5.38. The molecule has 2 N–H and O–H groups in total. The van der Waals surface area contributed by atoms with Crippen LogP contribution in [0, 0.1) is 0 Å². The van der Waals surface area contributed by atoms with E-state index in [9.17, 15) is 34.8 Å². The van der Waals surface area contributed by atoms with Gasteiger partial charge in [0.05, 0.1) is 52.5 Å². The Hall–Kier alpha value is -5.53. The Balaban J connectivity index is 0.000000223. The first-order valence-corrected chi connectivity index (χ1v) is 23.3. The molecule has 0 atom stereocenters. The van der Waals surface area contributed by atoms with Crippen molar-refractivity contribution in [2.24, 2.45) is 0 Å². The van der Waals surface area contributed by atoms with Gasteiger partial charge in [0, 0.05) is 75.8 Å². The number of halogens is 6. The normalized spacial score (nSPS) is 12.2. The van der Waals surface area contributed by atoms with E-state index in [0.29, 0.717) is 52.0 Å². The molecule has 308 valence electrons.